The molecule has 0 radical (unpaired) electrons. The SMILES string of the molecule is CC(C)(C)OC(=O)N1CCCc2ccc(CCCC[C@@H](N[S@@](=O)C(C)(C)C)C(F)(F)S(=O)(=O)c3ccccc3)nc21. The first-order valence-corrected chi connectivity index (χ1v) is 16.4. The number of fused-ring (bicyclic) bond motifs is 1. The fraction of sp³-hybridized carbons (Fsp3) is 0.586. The molecule has 0 saturated carbocycles. The number of benzene rings is 1. The van der Waals surface area contributed by atoms with E-state index in [0.717, 1.165) is 30.5 Å². The molecule has 1 aliphatic heterocycles. The first kappa shape index (κ1) is 33.1. The summed E-state index contributed by atoms with van der Waals surface area (Å²) in [5.74, 6) is 0.545. The second-order valence-corrected chi connectivity index (χ2v) is 16.2. The highest BCUT2D eigenvalue weighted by atomic mass is 32.2. The first-order chi connectivity index (χ1) is 18.9. The van der Waals surface area contributed by atoms with Crippen LogP contribution in [0.3, 0.4) is 0 Å². The van der Waals surface area contributed by atoms with Crippen molar-refractivity contribution >= 4 is 32.7 Å². The van der Waals surface area contributed by atoms with Gasteiger partial charge in [-0.2, -0.15) is 8.78 Å². The van der Waals surface area contributed by atoms with E-state index in [0.29, 0.717) is 30.9 Å². The molecular formula is C29H41F2N3O5S2. The molecule has 2 atom stereocenters. The highest BCUT2D eigenvalue weighted by molar-refractivity contribution is 7.92. The maximum atomic E-state index is 15.6. The average molecular weight is 614 g/mol. The molecular weight excluding hydrogens is 572 g/mol. The Bertz CT molecular complexity index is 1340. The van der Waals surface area contributed by atoms with E-state index in [1.54, 1.807) is 47.6 Å². The molecule has 2 heterocycles. The zero-order chi connectivity index (χ0) is 30.6. The molecule has 2 aromatic rings. The summed E-state index contributed by atoms with van der Waals surface area (Å²) >= 11 is 0. The molecule has 1 aromatic carbocycles. The number of alkyl halides is 2. The van der Waals surface area contributed by atoms with Crippen LogP contribution in [0, 0.1) is 0 Å². The number of hydrogen-bond donors (Lipinski definition) is 1. The summed E-state index contributed by atoms with van der Waals surface area (Å²) in [6.07, 6.45) is 1.97. The van der Waals surface area contributed by atoms with Crippen LogP contribution in [0.2, 0.25) is 0 Å². The van der Waals surface area contributed by atoms with Gasteiger partial charge < -0.3 is 4.74 Å². The Morgan fingerprint density at radius 2 is 1.73 bits per heavy atom. The van der Waals surface area contributed by atoms with Crippen molar-refractivity contribution in [3.63, 3.8) is 0 Å². The molecule has 1 aromatic heterocycles. The van der Waals surface area contributed by atoms with Crippen LogP contribution in [-0.4, -0.2) is 51.9 Å². The molecule has 0 aliphatic carbocycles. The molecule has 41 heavy (non-hydrogen) atoms. The Balaban J connectivity index is 1.74. The number of carbonyl (C=O) groups is 1. The van der Waals surface area contributed by atoms with Crippen molar-refractivity contribution in [2.45, 2.75) is 107 Å². The summed E-state index contributed by atoms with van der Waals surface area (Å²) in [7, 11) is -6.97. The lowest BCUT2D eigenvalue weighted by Crippen LogP contribution is -2.52. The highest BCUT2D eigenvalue weighted by Crippen LogP contribution is 2.35. The molecule has 1 N–H and O–H groups in total. The van der Waals surface area contributed by atoms with E-state index >= 15 is 8.78 Å². The quantitative estimate of drug-likeness (QED) is 0.331. The van der Waals surface area contributed by atoms with Crippen LogP contribution in [0.4, 0.5) is 19.4 Å². The fourth-order valence-corrected chi connectivity index (χ4v) is 6.65. The van der Waals surface area contributed by atoms with Crippen molar-refractivity contribution in [1.82, 2.24) is 9.71 Å². The highest BCUT2D eigenvalue weighted by Gasteiger charge is 2.53. The van der Waals surface area contributed by atoms with Gasteiger partial charge in [0, 0.05) is 12.2 Å². The molecule has 0 spiro atoms. The number of aromatic nitrogens is 1. The fourth-order valence-electron chi connectivity index (χ4n) is 4.31. The van der Waals surface area contributed by atoms with E-state index in [9.17, 15) is 17.4 Å². The number of rotatable bonds is 10. The van der Waals surface area contributed by atoms with Crippen LogP contribution in [0.15, 0.2) is 47.4 Å². The van der Waals surface area contributed by atoms with Gasteiger partial charge in [-0.25, -0.2) is 27.1 Å². The molecule has 0 fully saturated rings. The van der Waals surface area contributed by atoms with Crippen LogP contribution in [-0.2, 0) is 38.4 Å². The largest absolute Gasteiger partial charge is 0.443 e. The number of amides is 1. The van der Waals surface area contributed by atoms with Crippen molar-refractivity contribution in [3.05, 3.63) is 53.7 Å². The summed E-state index contributed by atoms with van der Waals surface area (Å²) in [4.78, 5) is 18.5. The van der Waals surface area contributed by atoms with Crippen LogP contribution in [0.1, 0.15) is 78.5 Å². The number of ether oxygens (including phenoxy) is 1. The van der Waals surface area contributed by atoms with E-state index in [-0.39, 0.29) is 12.8 Å². The minimum absolute atomic E-state index is 0.226. The van der Waals surface area contributed by atoms with Crippen molar-refractivity contribution in [2.24, 2.45) is 0 Å². The summed E-state index contributed by atoms with van der Waals surface area (Å²) in [6.45, 7) is 10.8. The van der Waals surface area contributed by atoms with Crippen LogP contribution in [0.25, 0.3) is 0 Å². The third kappa shape index (κ3) is 8.32. The van der Waals surface area contributed by atoms with E-state index in [4.69, 9.17) is 4.74 Å². The molecule has 1 aliphatic rings. The molecule has 228 valence electrons. The maximum absolute atomic E-state index is 15.6. The molecule has 1 amide bonds. The minimum Gasteiger partial charge on any atom is -0.443 e. The normalized spacial score (nSPS) is 16.1. The van der Waals surface area contributed by atoms with Crippen molar-refractivity contribution in [1.29, 1.82) is 0 Å². The zero-order valence-electron chi connectivity index (χ0n) is 24.6. The summed E-state index contributed by atoms with van der Waals surface area (Å²) in [5.41, 5.74) is 0.972. The van der Waals surface area contributed by atoms with E-state index in [1.165, 1.54) is 17.0 Å². The number of nitrogens with one attached hydrogen (secondary N) is 1. The number of nitrogens with zero attached hydrogens (tertiary/aromatic N) is 2. The van der Waals surface area contributed by atoms with Gasteiger partial charge in [0.25, 0.3) is 0 Å². The molecule has 0 unspecified atom stereocenters. The van der Waals surface area contributed by atoms with Gasteiger partial charge in [-0.3, -0.25) is 4.90 Å². The van der Waals surface area contributed by atoms with Gasteiger partial charge in [-0.15, -0.1) is 0 Å². The number of aryl methyl sites for hydroxylation is 2. The lowest BCUT2D eigenvalue weighted by Gasteiger charge is -2.31. The Morgan fingerprint density at radius 3 is 2.34 bits per heavy atom. The average Bonchev–Trinajstić information content (AvgIpc) is 2.88. The number of pyridine rings is 1. The van der Waals surface area contributed by atoms with Gasteiger partial charge in [-0.05, 0) is 97.4 Å². The van der Waals surface area contributed by atoms with Crippen LogP contribution in [0.5, 0.6) is 0 Å². The van der Waals surface area contributed by atoms with Gasteiger partial charge in [0.2, 0.25) is 9.84 Å². The zero-order valence-corrected chi connectivity index (χ0v) is 26.2. The van der Waals surface area contributed by atoms with E-state index in [1.807, 2.05) is 12.1 Å². The number of carbonyl (C=O) groups excluding carboxylic acids is 1. The monoisotopic (exact) mass is 613 g/mol. The summed E-state index contributed by atoms with van der Waals surface area (Å²) in [6, 6.07) is 8.48. The first-order valence-electron chi connectivity index (χ1n) is 13.8. The van der Waals surface area contributed by atoms with Crippen molar-refractivity contribution in [2.75, 3.05) is 11.4 Å². The van der Waals surface area contributed by atoms with E-state index < -0.39 is 53.5 Å². The lowest BCUT2D eigenvalue weighted by atomic mass is 10.0. The predicted octanol–water partition coefficient (Wildman–Crippen LogP) is 5.97. The topological polar surface area (TPSA) is 106 Å². The Kier molecular flexibility index (Phi) is 10.3. The third-order valence-corrected chi connectivity index (χ3v) is 10.0. The third-order valence-electron chi connectivity index (χ3n) is 6.51. The predicted molar refractivity (Wildman–Crippen MR) is 157 cm³/mol. The smallest absolute Gasteiger partial charge is 0.416 e. The Hall–Kier alpha value is -2.44. The number of anilines is 1. The number of hydrogen-bond acceptors (Lipinski definition) is 6. The van der Waals surface area contributed by atoms with Gasteiger partial charge in [0.15, 0.2) is 0 Å². The summed E-state index contributed by atoms with van der Waals surface area (Å²) < 4.78 is 77.0. The molecule has 3 rings (SSSR count). The van der Waals surface area contributed by atoms with Gasteiger partial charge in [-0.1, -0.05) is 30.7 Å². The van der Waals surface area contributed by atoms with Gasteiger partial charge in [0.1, 0.15) is 11.4 Å². The van der Waals surface area contributed by atoms with Crippen molar-refractivity contribution in [3.8, 4) is 0 Å². The minimum atomic E-state index is -5.05. The summed E-state index contributed by atoms with van der Waals surface area (Å²) in [5, 5.41) is -4.20. The van der Waals surface area contributed by atoms with E-state index in [2.05, 4.69) is 9.71 Å². The Labute approximate surface area is 244 Å². The molecule has 12 heteroatoms. The lowest BCUT2D eigenvalue weighted by molar-refractivity contribution is 0.0520. The van der Waals surface area contributed by atoms with Gasteiger partial charge in [0.05, 0.1) is 26.7 Å². The molecule has 0 saturated heterocycles. The van der Waals surface area contributed by atoms with Crippen LogP contribution < -0.4 is 9.62 Å². The van der Waals surface area contributed by atoms with Gasteiger partial charge >= 0.3 is 11.3 Å². The number of unbranched alkanes of at least 4 members (excludes halogenated alkanes) is 1. The van der Waals surface area contributed by atoms with Crippen molar-refractivity contribution < 1.29 is 30.9 Å². The van der Waals surface area contributed by atoms with Crippen LogP contribution >= 0.6 is 0 Å². The number of halogens is 2. The maximum Gasteiger partial charge on any atom is 0.416 e. The molecule has 0 bridgehead atoms. The standard InChI is InChI=1S/C29H41F2N3O5S2/c1-27(2,3)39-26(35)34-20-12-13-21-18-19-22(32-25(21)34)14-10-11-17-24(33-40(36)28(4,5)6)29(30,31)41(37,38)23-15-8-7-9-16-23/h7-9,15-16,18-19,24,33H,10-14,17,20H2,1-6H3/t24-,40+/m1/s1. The number of sulfone groups is 1. The second-order valence-electron chi connectivity index (χ2n) is 12.2. The Morgan fingerprint density at radius 1 is 1.07 bits per heavy atom. The molecule has 8 nitrogen and oxygen atoms in total. The second kappa shape index (κ2) is 12.8.